The zero-order chi connectivity index (χ0) is 17.7. The molecule has 0 aliphatic rings. The minimum absolute atomic E-state index is 0.151. The van der Waals surface area contributed by atoms with Gasteiger partial charge in [-0.2, -0.15) is 5.10 Å². The Morgan fingerprint density at radius 1 is 1.29 bits per heavy atom. The zero-order valence-electron chi connectivity index (χ0n) is 12.3. The first-order valence-corrected chi connectivity index (χ1v) is 8.12. The maximum Gasteiger partial charge on any atom is 0.271 e. The van der Waals surface area contributed by atoms with Crippen molar-refractivity contribution in [3.8, 4) is 5.75 Å². The normalized spacial score (nSPS) is 10.6. The first-order chi connectivity index (χ1) is 11.4. The van der Waals surface area contributed by atoms with Gasteiger partial charge in [0.25, 0.3) is 11.6 Å². The highest BCUT2D eigenvalue weighted by atomic mass is 79.9. The third-order valence-electron chi connectivity index (χ3n) is 2.92. The van der Waals surface area contributed by atoms with Crippen LogP contribution in [-0.2, 0) is 0 Å². The molecular formula is C15H11Br2N3O4. The van der Waals surface area contributed by atoms with Crippen molar-refractivity contribution in [3.05, 3.63) is 66.6 Å². The molecule has 2 rings (SSSR count). The van der Waals surface area contributed by atoms with Crippen molar-refractivity contribution in [1.82, 2.24) is 5.43 Å². The fourth-order valence-corrected chi connectivity index (χ4v) is 3.39. The lowest BCUT2D eigenvalue weighted by Gasteiger charge is -2.06. The molecule has 1 amide bonds. The van der Waals surface area contributed by atoms with Gasteiger partial charge in [0.2, 0.25) is 0 Å². The number of methoxy groups -OCH3 is 1. The Labute approximate surface area is 154 Å². The van der Waals surface area contributed by atoms with Crippen molar-refractivity contribution < 1.29 is 14.5 Å². The number of carbonyl (C=O) groups excluding carboxylic acids is 1. The monoisotopic (exact) mass is 455 g/mol. The molecule has 0 radical (unpaired) electrons. The summed E-state index contributed by atoms with van der Waals surface area (Å²) >= 11 is 6.74. The third kappa shape index (κ3) is 4.39. The summed E-state index contributed by atoms with van der Waals surface area (Å²) in [5.74, 6) is 0.106. The van der Waals surface area contributed by atoms with Crippen LogP contribution in [0.2, 0.25) is 0 Å². The Kier molecular flexibility index (Phi) is 6.04. The molecule has 0 saturated carbocycles. The van der Waals surface area contributed by atoms with Crippen molar-refractivity contribution in [2.24, 2.45) is 5.10 Å². The molecule has 0 heterocycles. The molecule has 0 spiro atoms. The largest absolute Gasteiger partial charge is 0.494 e. The van der Waals surface area contributed by atoms with E-state index in [-0.39, 0.29) is 11.3 Å². The quantitative estimate of drug-likeness (QED) is 0.419. The van der Waals surface area contributed by atoms with Gasteiger partial charge in [-0.15, -0.1) is 0 Å². The fraction of sp³-hybridized carbons (Fsp3) is 0.0667. The Bertz CT molecular complexity index is 801. The minimum Gasteiger partial charge on any atom is -0.494 e. The van der Waals surface area contributed by atoms with Crippen LogP contribution in [0.3, 0.4) is 0 Å². The molecule has 2 aromatic carbocycles. The zero-order valence-corrected chi connectivity index (χ0v) is 15.5. The molecule has 0 unspecified atom stereocenters. The number of ether oxygens (including phenoxy) is 1. The van der Waals surface area contributed by atoms with Crippen molar-refractivity contribution >= 4 is 49.7 Å². The highest BCUT2D eigenvalue weighted by Crippen LogP contribution is 2.33. The van der Waals surface area contributed by atoms with Crippen LogP contribution in [-0.4, -0.2) is 24.2 Å². The molecule has 0 aliphatic heterocycles. The minimum atomic E-state index is -0.563. The molecule has 0 fully saturated rings. The van der Waals surface area contributed by atoms with Gasteiger partial charge in [-0.25, -0.2) is 5.43 Å². The second kappa shape index (κ2) is 8.02. The topological polar surface area (TPSA) is 93.8 Å². The lowest BCUT2D eigenvalue weighted by molar-refractivity contribution is -0.384. The standard InChI is InChI=1S/C15H11Br2N3O4/c1-24-14-12(16)5-9(6-13(14)17)8-18-19-15(21)10-3-2-4-11(7-10)20(22)23/h2-8H,1H3,(H,19,21)/b18-8-. The average Bonchev–Trinajstić information content (AvgIpc) is 2.54. The second-order valence-corrected chi connectivity index (χ2v) is 6.23. The summed E-state index contributed by atoms with van der Waals surface area (Å²) in [5.41, 5.74) is 3.04. The summed E-state index contributed by atoms with van der Waals surface area (Å²) in [7, 11) is 1.55. The molecule has 0 saturated heterocycles. The number of nitro benzene ring substituents is 1. The van der Waals surface area contributed by atoms with Crippen LogP contribution in [0.15, 0.2) is 50.4 Å². The number of non-ortho nitro benzene ring substituents is 1. The number of nitrogens with zero attached hydrogens (tertiary/aromatic N) is 2. The maximum atomic E-state index is 12.0. The Hall–Kier alpha value is -2.26. The molecule has 0 aromatic heterocycles. The molecule has 0 aliphatic carbocycles. The van der Waals surface area contributed by atoms with Gasteiger partial charge in [-0.3, -0.25) is 14.9 Å². The highest BCUT2D eigenvalue weighted by molar-refractivity contribution is 9.11. The number of halogens is 2. The fourth-order valence-electron chi connectivity index (χ4n) is 1.84. The van der Waals surface area contributed by atoms with Crippen LogP contribution in [0.5, 0.6) is 5.75 Å². The first kappa shape index (κ1) is 18.1. The molecule has 24 heavy (non-hydrogen) atoms. The smallest absolute Gasteiger partial charge is 0.271 e. The van der Waals surface area contributed by atoms with E-state index in [2.05, 4.69) is 42.4 Å². The number of amides is 1. The van der Waals surface area contributed by atoms with Crippen molar-refractivity contribution in [2.75, 3.05) is 7.11 Å². The number of benzene rings is 2. The van der Waals surface area contributed by atoms with Crippen LogP contribution < -0.4 is 10.2 Å². The van der Waals surface area contributed by atoms with Gasteiger partial charge in [0.05, 0.1) is 27.2 Å². The SMILES string of the molecule is COc1c(Br)cc(/C=N\NC(=O)c2cccc([N+](=O)[O-])c2)cc1Br. The van der Waals surface area contributed by atoms with E-state index in [0.717, 1.165) is 8.95 Å². The van der Waals surface area contributed by atoms with Crippen LogP contribution >= 0.6 is 31.9 Å². The molecule has 0 bridgehead atoms. The number of rotatable bonds is 5. The van der Waals surface area contributed by atoms with Gasteiger partial charge in [-0.05, 0) is 55.6 Å². The Morgan fingerprint density at radius 2 is 1.96 bits per heavy atom. The number of hydrazone groups is 1. The van der Waals surface area contributed by atoms with Crippen molar-refractivity contribution in [2.45, 2.75) is 0 Å². The summed E-state index contributed by atoms with van der Waals surface area (Å²) in [6.45, 7) is 0. The number of carbonyl (C=O) groups is 1. The van der Waals surface area contributed by atoms with Gasteiger partial charge in [0.15, 0.2) is 0 Å². The molecule has 7 nitrogen and oxygen atoms in total. The van der Waals surface area contributed by atoms with E-state index in [9.17, 15) is 14.9 Å². The number of hydrogen-bond acceptors (Lipinski definition) is 5. The van der Waals surface area contributed by atoms with Crippen LogP contribution in [0.4, 0.5) is 5.69 Å². The molecule has 9 heteroatoms. The predicted molar refractivity (Wildman–Crippen MR) is 96.6 cm³/mol. The lowest BCUT2D eigenvalue weighted by Crippen LogP contribution is -2.17. The first-order valence-electron chi connectivity index (χ1n) is 6.53. The van der Waals surface area contributed by atoms with Gasteiger partial charge < -0.3 is 4.74 Å². The van der Waals surface area contributed by atoms with E-state index >= 15 is 0 Å². The molecule has 124 valence electrons. The lowest BCUT2D eigenvalue weighted by atomic mass is 10.2. The third-order valence-corrected chi connectivity index (χ3v) is 4.10. The summed E-state index contributed by atoms with van der Waals surface area (Å²) < 4.78 is 6.65. The predicted octanol–water partition coefficient (Wildman–Crippen LogP) is 3.89. The van der Waals surface area contributed by atoms with Gasteiger partial charge >= 0.3 is 0 Å². The van der Waals surface area contributed by atoms with E-state index in [0.29, 0.717) is 11.3 Å². The van der Waals surface area contributed by atoms with E-state index in [4.69, 9.17) is 4.74 Å². The summed E-state index contributed by atoms with van der Waals surface area (Å²) in [5, 5.41) is 14.6. The summed E-state index contributed by atoms with van der Waals surface area (Å²) in [4.78, 5) is 22.1. The second-order valence-electron chi connectivity index (χ2n) is 4.52. The molecular weight excluding hydrogens is 446 g/mol. The average molecular weight is 457 g/mol. The Morgan fingerprint density at radius 3 is 2.54 bits per heavy atom. The number of nitro groups is 1. The molecule has 0 atom stereocenters. The van der Waals surface area contributed by atoms with E-state index in [1.54, 1.807) is 19.2 Å². The van der Waals surface area contributed by atoms with Crippen LogP contribution in [0, 0.1) is 10.1 Å². The van der Waals surface area contributed by atoms with E-state index in [1.807, 2.05) is 0 Å². The molecule has 1 N–H and O–H groups in total. The van der Waals surface area contributed by atoms with Crippen molar-refractivity contribution in [3.63, 3.8) is 0 Å². The molecule has 2 aromatic rings. The van der Waals surface area contributed by atoms with Gasteiger partial charge in [0.1, 0.15) is 5.75 Å². The van der Waals surface area contributed by atoms with E-state index in [1.165, 1.54) is 30.5 Å². The maximum absolute atomic E-state index is 12.0. The summed E-state index contributed by atoms with van der Waals surface area (Å²) in [6.07, 6.45) is 1.45. The number of nitrogens with one attached hydrogen (secondary N) is 1. The van der Waals surface area contributed by atoms with Crippen LogP contribution in [0.25, 0.3) is 0 Å². The summed E-state index contributed by atoms with van der Waals surface area (Å²) in [6, 6.07) is 8.95. The van der Waals surface area contributed by atoms with Crippen molar-refractivity contribution in [1.29, 1.82) is 0 Å². The van der Waals surface area contributed by atoms with Gasteiger partial charge in [0, 0.05) is 17.7 Å². The van der Waals surface area contributed by atoms with Gasteiger partial charge in [-0.1, -0.05) is 6.07 Å². The van der Waals surface area contributed by atoms with E-state index < -0.39 is 10.8 Å². The Balaban J connectivity index is 2.10. The highest BCUT2D eigenvalue weighted by Gasteiger charge is 2.11. The van der Waals surface area contributed by atoms with Crippen LogP contribution in [0.1, 0.15) is 15.9 Å². The number of hydrogen-bond donors (Lipinski definition) is 1.